The van der Waals surface area contributed by atoms with E-state index in [1.165, 1.54) is 38.9 Å². The van der Waals surface area contributed by atoms with Crippen LogP contribution in [0.1, 0.15) is 113 Å². The average molecular weight is 925 g/mol. The van der Waals surface area contributed by atoms with Crippen LogP contribution in [0.2, 0.25) is 0 Å². The van der Waals surface area contributed by atoms with Gasteiger partial charge in [-0.25, -0.2) is 9.67 Å². The van der Waals surface area contributed by atoms with Crippen LogP contribution >= 0.6 is 0 Å². The second kappa shape index (κ2) is 16.0. The van der Waals surface area contributed by atoms with Gasteiger partial charge in [0.15, 0.2) is 5.82 Å². The summed E-state index contributed by atoms with van der Waals surface area (Å²) in [6, 6.07) is 26.3. The number of nitrogens with zero attached hydrogens (tertiary/aromatic N) is 6. The molecule has 294 valence electrons. The third-order valence-electron chi connectivity index (χ3n) is 10.4. The summed E-state index contributed by atoms with van der Waals surface area (Å²) in [4.78, 5) is 14.2. The van der Waals surface area contributed by atoms with Crippen molar-refractivity contribution >= 4 is 16.7 Å². The minimum atomic E-state index is -0.0360. The first kappa shape index (κ1) is 40.9. The number of benzene rings is 3. The van der Waals surface area contributed by atoms with Crippen LogP contribution in [0.4, 0.5) is 5.69 Å². The molecule has 0 saturated carbocycles. The van der Waals surface area contributed by atoms with Gasteiger partial charge in [-0.2, -0.15) is 17.8 Å². The standard InChI is InChI=1S/C48H53N6O.Pt/c1-29(2)36-22-40(30(3)4)45(41(23-36)31(5)6)47-46-42(54(51-47)43-24-35(16-17-49-43)44-33(8)20-32(7)21-34(44)9)26-39(27-50-46)55-38-15-13-14-37(25-38)52-18-19-53(28-52)48(10,11)12;/h13-24,27-31H,1-12H3;/q-3;. The Kier molecular flexibility index (Phi) is 11.7. The predicted molar refractivity (Wildman–Crippen MR) is 226 cm³/mol. The molecule has 6 aromatic rings. The number of aromatic nitrogens is 4. The summed E-state index contributed by atoms with van der Waals surface area (Å²) < 4.78 is 8.37. The molecule has 0 fully saturated rings. The minimum Gasteiger partial charge on any atom is -0.508 e. The molecule has 3 aromatic heterocycles. The number of aryl methyl sites for hydroxylation is 3. The van der Waals surface area contributed by atoms with Crippen LogP contribution in [0, 0.1) is 39.6 Å². The van der Waals surface area contributed by atoms with Crippen molar-refractivity contribution in [2.24, 2.45) is 0 Å². The van der Waals surface area contributed by atoms with Gasteiger partial charge in [0, 0.05) is 49.8 Å². The summed E-state index contributed by atoms with van der Waals surface area (Å²) in [7, 11) is 0. The number of anilines is 1. The van der Waals surface area contributed by atoms with Crippen LogP contribution < -0.4 is 9.64 Å². The number of rotatable bonds is 9. The Morgan fingerprint density at radius 2 is 1.43 bits per heavy atom. The normalized spacial score (nSPS) is 13.1. The van der Waals surface area contributed by atoms with E-state index in [0.29, 0.717) is 28.8 Å². The van der Waals surface area contributed by atoms with Gasteiger partial charge in [-0.05, 0) is 140 Å². The van der Waals surface area contributed by atoms with Crippen molar-refractivity contribution in [1.82, 2.24) is 24.6 Å². The van der Waals surface area contributed by atoms with Gasteiger partial charge in [-0.15, -0.1) is 30.0 Å². The van der Waals surface area contributed by atoms with Crippen molar-refractivity contribution < 1.29 is 25.8 Å². The summed E-state index contributed by atoms with van der Waals surface area (Å²) in [5.74, 6) is 2.66. The summed E-state index contributed by atoms with van der Waals surface area (Å²) in [5, 5.41) is 5.40. The van der Waals surface area contributed by atoms with E-state index < -0.39 is 0 Å². The zero-order chi connectivity index (χ0) is 39.3. The molecule has 1 aliphatic rings. The van der Waals surface area contributed by atoms with Crippen LogP contribution in [0.3, 0.4) is 0 Å². The van der Waals surface area contributed by atoms with Gasteiger partial charge >= 0.3 is 0 Å². The van der Waals surface area contributed by atoms with Crippen LogP contribution in [0.25, 0.3) is 39.2 Å². The quantitative estimate of drug-likeness (QED) is 0.135. The molecule has 0 unspecified atom stereocenters. The molecule has 0 N–H and O–H groups in total. The first-order chi connectivity index (χ1) is 26.1. The van der Waals surface area contributed by atoms with Crippen molar-refractivity contribution in [2.75, 3.05) is 4.90 Å². The molecule has 0 spiro atoms. The maximum Gasteiger partial charge on any atom is 0.152 e. The van der Waals surface area contributed by atoms with Crippen molar-refractivity contribution in [3.8, 4) is 39.7 Å². The number of hydrogen-bond acceptors (Lipinski definition) is 6. The van der Waals surface area contributed by atoms with Gasteiger partial charge < -0.3 is 19.5 Å². The molecule has 0 aliphatic carbocycles. The molecule has 0 bridgehead atoms. The fourth-order valence-electron chi connectivity index (χ4n) is 7.52. The van der Waals surface area contributed by atoms with E-state index in [4.69, 9.17) is 19.8 Å². The maximum absolute atomic E-state index is 6.47. The van der Waals surface area contributed by atoms with Crippen LogP contribution in [-0.2, 0) is 21.1 Å². The van der Waals surface area contributed by atoms with Crippen LogP contribution in [0.5, 0.6) is 11.5 Å². The fourth-order valence-corrected chi connectivity index (χ4v) is 7.52. The van der Waals surface area contributed by atoms with Gasteiger partial charge in [0.25, 0.3) is 0 Å². The summed E-state index contributed by atoms with van der Waals surface area (Å²) in [6.45, 7) is 28.7. The van der Waals surface area contributed by atoms with Gasteiger partial charge in [-0.1, -0.05) is 71.4 Å². The number of ether oxygens (including phenoxy) is 1. The molecule has 4 heterocycles. The SMILES string of the molecule is Cc1cc(C)c(-c2ccnc(-n3nc(-c4c(C(C)C)cc(C(C)C)cc4C(C)C)c4ncc(Oc5[c-]c(N6C=CN(C(C)(C)C)[CH-]6)ccc5)[c-]c43)c2)c(C)c1.[Pt]. The minimum absolute atomic E-state index is 0. The maximum atomic E-state index is 6.47. The Balaban J connectivity index is 0.00000532. The van der Waals surface area contributed by atoms with E-state index in [0.717, 1.165) is 28.0 Å². The molecular formula is C48H53N6OPt-3. The number of hydrogen-bond donors (Lipinski definition) is 0. The zero-order valence-electron chi connectivity index (χ0n) is 34.7. The van der Waals surface area contributed by atoms with Gasteiger partial charge in [0.2, 0.25) is 0 Å². The first-order valence-corrected chi connectivity index (χ1v) is 19.4. The Morgan fingerprint density at radius 1 is 0.750 bits per heavy atom. The van der Waals surface area contributed by atoms with E-state index >= 15 is 0 Å². The largest absolute Gasteiger partial charge is 0.508 e. The molecule has 3 aromatic carbocycles. The second-order valence-corrected chi connectivity index (χ2v) is 16.8. The van der Waals surface area contributed by atoms with E-state index in [9.17, 15) is 0 Å². The molecule has 1 aliphatic heterocycles. The molecule has 56 heavy (non-hydrogen) atoms. The van der Waals surface area contributed by atoms with E-state index in [1.54, 1.807) is 6.20 Å². The second-order valence-electron chi connectivity index (χ2n) is 16.8. The molecule has 0 saturated heterocycles. The summed E-state index contributed by atoms with van der Waals surface area (Å²) in [5.41, 5.74) is 14.1. The zero-order valence-corrected chi connectivity index (χ0v) is 37.0. The Bertz CT molecular complexity index is 2370. The molecule has 8 heteroatoms. The Hall–Kier alpha value is -4.74. The van der Waals surface area contributed by atoms with Gasteiger partial charge in [0.1, 0.15) is 0 Å². The van der Waals surface area contributed by atoms with Crippen LogP contribution in [0.15, 0.2) is 79.4 Å². The molecule has 0 amide bonds. The van der Waals surface area contributed by atoms with Crippen molar-refractivity contribution in [2.45, 2.75) is 106 Å². The van der Waals surface area contributed by atoms with Crippen molar-refractivity contribution in [1.29, 1.82) is 0 Å². The van der Waals surface area contributed by atoms with Gasteiger partial charge in [0.05, 0.1) is 5.69 Å². The van der Waals surface area contributed by atoms with E-state index in [-0.39, 0.29) is 38.4 Å². The smallest absolute Gasteiger partial charge is 0.152 e. The molecule has 7 rings (SSSR count). The van der Waals surface area contributed by atoms with E-state index in [1.807, 2.05) is 40.2 Å². The third kappa shape index (κ3) is 8.07. The first-order valence-electron chi connectivity index (χ1n) is 19.4. The molecule has 7 nitrogen and oxygen atoms in total. The molecule has 0 radical (unpaired) electrons. The number of fused-ring (bicyclic) bond motifs is 1. The fraction of sp³-hybridized carbons (Fsp3) is 0.333. The monoisotopic (exact) mass is 924 g/mol. The topological polar surface area (TPSA) is 59.3 Å². The van der Waals surface area contributed by atoms with Crippen molar-refractivity contribution in [3.63, 3.8) is 0 Å². The molecular weight excluding hydrogens is 872 g/mol. The summed E-state index contributed by atoms with van der Waals surface area (Å²) >= 11 is 0. The van der Waals surface area contributed by atoms with Gasteiger partial charge in [-0.3, -0.25) is 0 Å². The van der Waals surface area contributed by atoms with Crippen LogP contribution in [-0.4, -0.2) is 30.2 Å². The third-order valence-corrected chi connectivity index (χ3v) is 10.4. The predicted octanol–water partition coefficient (Wildman–Crippen LogP) is 12.3. The van der Waals surface area contributed by atoms with E-state index in [2.05, 4.69) is 149 Å². The Labute approximate surface area is 348 Å². The average Bonchev–Trinajstić information content (AvgIpc) is 3.77. The van der Waals surface area contributed by atoms with Crippen molar-refractivity contribution in [3.05, 3.63) is 132 Å². The number of pyridine rings is 2. The molecule has 0 atom stereocenters. The summed E-state index contributed by atoms with van der Waals surface area (Å²) in [6.07, 6.45) is 7.72. The Morgan fingerprint density at radius 3 is 2.04 bits per heavy atom.